The molecule has 0 saturated heterocycles. The van der Waals surface area contributed by atoms with Crippen molar-refractivity contribution in [2.24, 2.45) is 0 Å². The highest BCUT2D eigenvalue weighted by Gasteiger charge is 2.46. The monoisotopic (exact) mass is 371 g/mol. The van der Waals surface area contributed by atoms with Crippen molar-refractivity contribution < 1.29 is 4.42 Å². The number of benzene rings is 3. The van der Waals surface area contributed by atoms with Crippen LogP contribution >= 0.6 is 0 Å². The summed E-state index contributed by atoms with van der Waals surface area (Å²) in [5.74, 6) is 0. The fraction of sp³-hybridized carbons (Fsp3) is 0.280. The topological polar surface area (TPSA) is 16.4 Å². The Hall–Kier alpha value is -2.78. The third-order valence-electron chi connectivity index (χ3n) is 6.83. The first-order valence-electron chi connectivity index (χ1n) is 10.1. The maximum absolute atomic E-state index is 6.52. The van der Waals surface area contributed by atoms with Gasteiger partial charge in [-0.25, -0.2) is 0 Å². The summed E-state index contributed by atoms with van der Waals surface area (Å²) in [6, 6.07) is 19.7. The van der Waals surface area contributed by atoms with Crippen molar-refractivity contribution >= 4 is 39.0 Å². The Morgan fingerprint density at radius 1 is 0.893 bits per heavy atom. The molecule has 0 amide bonds. The Balaban J connectivity index is 1.86. The van der Waals surface area contributed by atoms with Crippen molar-refractivity contribution in [3.05, 3.63) is 65.7 Å². The number of anilines is 2. The molecule has 0 spiro atoms. The molecule has 4 aromatic rings. The van der Waals surface area contributed by atoms with E-state index in [1.54, 1.807) is 0 Å². The molecule has 2 heterocycles. The number of hydrogen-bond acceptors (Lipinski definition) is 2. The molecule has 0 saturated carbocycles. The summed E-state index contributed by atoms with van der Waals surface area (Å²) in [5.41, 5.74) is 8.28. The highest BCUT2D eigenvalue weighted by atomic mass is 16.3. The van der Waals surface area contributed by atoms with Crippen LogP contribution in [-0.4, -0.2) is 19.8 Å². The Morgan fingerprint density at radius 2 is 1.64 bits per heavy atom. The second-order valence-corrected chi connectivity index (χ2v) is 8.24. The first-order chi connectivity index (χ1) is 13.5. The minimum absolute atomic E-state index is 0.293. The number of quaternary nitrogens is 1. The standard InChI is InChI=1S/C25H27N2O/c1-6-27(5)18(4)26(21-12-7-8-13-22(21)27)23-16(2)14-15-20-19-11-9-10-17(3)24(19)28-25(20)23/h7-15,18H,6H2,1-5H3/q+1/t18-,27?/m0/s1. The van der Waals surface area contributed by atoms with Crippen molar-refractivity contribution in [2.75, 3.05) is 18.5 Å². The number of aryl methyl sites for hydroxylation is 2. The number of rotatable bonds is 2. The van der Waals surface area contributed by atoms with Crippen LogP contribution in [0.1, 0.15) is 25.0 Å². The maximum atomic E-state index is 6.52. The van der Waals surface area contributed by atoms with Gasteiger partial charge in [0.25, 0.3) is 0 Å². The number of fused-ring (bicyclic) bond motifs is 4. The predicted octanol–water partition coefficient (Wildman–Crippen LogP) is 6.66. The Morgan fingerprint density at radius 3 is 2.43 bits per heavy atom. The highest BCUT2D eigenvalue weighted by molar-refractivity contribution is 6.11. The normalized spacial score (nSPS) is 21.6. The molecular weight excluding hydrogens is 344 g/mol. The zero-order chi connectivity index (χ0) is 19.6. The van der Waals surface area contributed by atoms with Gasteiger partial charge in [-0.2, -0.15) is 0 Å². The Bertz CT molecular complexity index is 1220. The van der Waals surface area contributed by atoms with Gasteiger partial charge in [-0.3, -0.25) is 9.38 Å². The number of nitrogens with zero attached hydrogens (tertiary/aromatic N) is 2. The first-order valence-corrected chi connectivity index (χ1v) is 10.1. The van der Waals surface area contributed by atoms with Crippen LogP contribution in [-0.2, 0) is 0 Å². The second-order valence-electron chi connectivity index (χ2n) is 8.24. The fourth-order valence-corrected chi connectivity index (χ4v) is 4.89. The average Bonchev–Trinajstić information content (AvgIpc) is 3.18. The lowest BCUT2D eigenvalue weighted by atomic mass is 10.1. The summed E-state index contributed by atoms with van der Waals surface area (Å²) in [6.07, 6.45) is 0.293. The molecule has 3 aromatic carbocycles. The largest absolute Gasteiger partial charge is 0.454 e. The minimum atomic E-state index is 0.293. The van der Waals surface area contributed by atoms with Gasteiger partial charge < -0.3 is 4.42 Å². The van der Waals surface area contributed by atoms with Crippen LogP contribution in [0, 0.1) is 13.8 Å². The van der Waals surface area contributed by atoms with Crippen molar-refractivity contribution in [1.82, 2.24) is 4.48 Å². The van der Waals surface area contributed by atoms with E-state index in [0.29, 0.717) is 6.17 Å². The van der Waals surface area contributed by atoms with Crippen LogP contribution < -0.4 is 9.38 Å². The molecule has 0 aliphatic carbocycles. The molecule has 5 rings (SSSR count). The molecule has 1 aliphatic heterocycles. The molecule has 28 heavy (non-hydrogen) atoms. The van der Waals surface area contributed by atoms with Gasteiger partial charge >= 0.3 is 0 Å². The number of para-hydroxylation sites is 3. The quantitative estimate of drug-likeness (QED) is 0.366. The number of hydrogen-bond donors (Lipinski definition) is 0. The minimum Gasteiger partial charge on any atom is -0.454 e. The van der Waals surface area contributed by atoms with E-state index >= 15 is 0 Å². The Kier molecular flexibility index (Phi) is 3.62. The van der Waals surface area contributed by atoms with E-state index in [2.05, 4.69) is 94.2 Å². The zero-order valence-corrected chi connectivity index (χ0v) is 17.3. The van der Waals surface area contributed by atoms with Crippen molar-refractivity contribution in [2.45, 2.75) is 33.9 Å². The summed E-state index contributed by atoms with van der Waals surface area (Å²) >= 11 is 0. The molecule has 0 N–H and O–H groups in total. The van der Waals surface area contributed by atoms with E-state index in [-0.39, 0.29) is 0 Å². The summed E-state index contributed by atoms with van der Waals surface area (Å²) < 4.78 is 7.42. The molecule has 0 fully saturated rings. The zero-order valence-electron chi connectivity index (χ0n) is 17.3. The Labute approximate surface area is 166 Å². The van der Waals surface area contributed by atoms with Gasteiger partial charge in [-0.15, -0.1) is 0 Å². The summed E-state index contributed by atoms with van der Waals surface area (Å²) in [5, 5.41) is 2.39. The van der Waals surface area contributed by atoms with E-state index < -0.39 is 0 Å². The van der Waals surface area contributed by atoms with E-state index in [1.165, 1.54) is 39.0 Å². The SMILES string of the molecule is CC[N+]1(C)c2ccccc2N(c2c(C)ccc3c2oc2c(C)cccc23)[C@@H]1C. The molecule has 1 unspecified atom stereocenters. The smallest absolute Gasteiger partial charge is 0.171 e. The van der Waals surface area contributed by atoms with Gasteiger partial charge in [-0.1, -0.05) is 42.5 Å². The van der Waals surface area contributed by atoms with Gasteiger partial charge in [-0.05, 0) is 38.0 Å². The van der Waals surface area contributed by atoms with Crippen LogP contribution in [0.5, 0.6) is 0 Å². The lowest BCUT2D eigenvalue weighted by Crippen LogP contribution is -2.53. The lowest BCUT2D eigenvalue weighted by molar-refractivity contribution is 0.295. The van der Waals surface area contributed by atoms with Crippen molar-refractivity contribution in [1.29, 1.82) is 0 Å². The van der Waals surface area contributed by atoms with Gasteiger partial charge in [0.2, 0.25) is 0 Å². The van der Waals surface area contributed by atoms with Crippen LogP contribution in [0.4, 0.5) is 17.1 Å². The summed E-state index contributed by atoms with van der Waals surface area (Å²) in [4.78, 5) is 2.49. The molecule has 1 aromatic heterocycles. The van der Waals surface area contributed by atoms with Gasteiger partial charge in [0, 0.05) is 23.8 Å². The van der Waals surface area contributed by atoms with Gasteiger partial charge in [0.1, 0.15) is 11.3 Å². The molecule has 3 heteroatoms. The predicted molar refractivity (Wildman–Crippen MR) is 119 cm³/mol. The molecule has 142 valence electrons. The van der Waals surface area contributed by atoms with Crippen LogP contribution in [0.25, 0.3) is 21.9 Å². The van der Waals surface area contributed by atoms with Crippen LogP contribution in [0.15, 0.2) is 59.0 Å². The van der Waals surface area contributed by atoms with E-state index in [0.717, 1.165) is 22.2 Å². The van der Waals surface area contributed by atoms with Crippen LogP contribution in [0.2, 0.25) is 0 Å². The van der Waals surface area contributed by atoms with Gasteiger partial charge in [0.05, 0.1) is 19.3 Å². The lowest BCUT2D eigenvalue weighted by Gasteiger charge is -2.36. The molecular formula is C25H27N2O+. The van der Waals surface area contributed by atoms with Crippen LogP contribution in [0.3, 0.4) is 0 Å². The molecule has 1 aliphatic rings. The third kappa shape index (κ3) is 2.08. The number of furan rings is 1. The third-order valence-corrected chi connectivity index (χ3v) is 6.83. The second kappa shape index (κ2) is 5.86. The van der Waals surface area contributed by atoms with E-state index in [9.17, 15) is 0 Å². The maximum Gasteiger partial charge on any atom is 0.171 e. The van der Waals surface area contributed by atoms with Crippen molar-refractivity contribution in [3.63, 3.8) is 0 Å². The molecule has 0 bridgehead atoms. The molecule has 3 nitrogen and oxygen atoms in total. The fourth-order valence-electron chi connectivity index (χ4n) is 4.89. The van der Waals surface area contributed by atoms with Crippen molar-refractivity contribution in [3.8, 4) is 0 Å². The summed E-state index contributed by atoms with van der Waals surface area (Å²) in [7, 11) is 2.34. The van der Waals surface area contributed by atoms with E-state index in [4.69, 9.17) is 4.42 Å². The highest BCUT2D eigenvalue weighted by Crippen LogP contribution is 2.50. The summed E-state index contributed by atoms with van der Waals surface area (Å²) in [6.45, 7) is 9.96. The average molecular weight is 372 g/mol. The first kappa shape index (κ1) is 17.3. The molecule has 0 radical (unpaired) electrons. The molecule has 2 atom stereocenters. The van der Waals surface area contributed by atoms with Gasteiger partial charge in [0.15, 0.2) is 17.4 Å². The van der Waals surface area contributed by atoms with E-state index in [1.807, 2.05) is 0 Å².